The van der Waals surface area contributed by atoms with E-state index >= 15 is 0 Å². The van der Waals surface area contributed by atoms with Gasteiger partial charge in [0.1, 0.15) is 0 Å². The molecule has 0 spiro atoms. The third kappa shape index (κ3) is 3.66. The zero-order valence-corrected chi connectivity index (χ0v) is 17.0. The highest BCUT2D eigenvalue weighted by molar-refractivity contribution is 7.99. The lowest BCUT2D eigenvalue weighted by molar-refractivity contribution is -0.387. The van der Waals surface area contributed by atoms with E-state index < -0.39 is 9.85 Å². The minimum absolute atomic E-state index is 0.0197. The average Bonchev–Trinajstić information content (AvgIpc) is 3.05. The zero-order chi connectivity index (χ0) is 22.1. The van der Waals surface area contributed by atoms with E-state index in [1.165, 1.54) is 42.1 Å². The van der Waals surface area contributed by atoms with Gasteiger partial charge >= 0.3 is 0 Å². The highest BCUT2D eigenvalue weighted by Crippen LogP contribution is 2.41. The largest absolute Gasteiger partial charge is 0.312 e. The first-order chi connectivity index (χ1) is 14.9. The van der Waals surface area contributed by atoms with Gasteiger partial charge in [0.05, 0.1) is 26.0 Å². The molecule has 31 heavy (non-hydrogen) atoms. The van der Waals surface area contributed by atoms with Crippen LogP contribution in [0.2, 0.25) is 0 Å². The van der Waals surface area contributed by atoms with E-state index in [9.17, 15) is 25.0 Å². The summed E-state index contributed by atoms with van der Waals surface area (Å²) in [5, 5.41) is 22.5. The van der Waals surface area contributed by atoms with E-state index in [1.54, 1.807) is 41.8 Å². The van der Waals surface area contributed by atoms with E-state index in [1.807, 2.05) is 12.1 Å². The van der Waals surface area contributed by atoms with Crippen LogP contribution >= 0.6 is 11.8 Å². The molecular weight excluding hydrogens is 418 g/mol. The van der Waals surface area contributed by atoms with E-state index in [-0.39, 0.29) is 22.7 Å². The van der Waals surface area contributed by atoms with Gasteiger partial charge in [-0.1, -0.05) is 42.1 Å². The van der Waals surface area contributed by atoms with Crippen LogP contribution in [0.25, 0.3) is 5.52 Å². The normalized spacial score (nSPS) is 10.9. The van der Waals surface area contributed by atoms with Gasteiger partial charge in [-0.15, -0.1) is 0 Å². The summed E-state index contributed by atoms with van der Waals surface area (Å²) >= 11 is 1.22. The first-order valence-electron chi connectivity index (χ1n) is 9.18. The second-order valence-corrected chi connectivity index (χ2v) is 7.77. The summed E-state index contributed by atoms with van der Waals surface area (Å²) in [6, 6.07) is 17.4. The number of fused-ring (bicyclic) bond motifs is 1. The predicted octanol–water partition coefficient (Wildman–Crippen LogP) is 5.45. The van der Waals surface area contributed by atoms with Crippen molar-refractivity contribution < 1.29 is 14.6 Å². The molecule has 0 atom stereocenters. The predicted molar refractivity (Wildman–Crippen MR) is 116 cm³/mol. The molecule has 0 radical (unpaired) electrons. The van der Waals surface area contributed by atoms with Crippen molar-refractivity contribution in [3.8, 4) is 0 Å². The summed E-state index contributed by atoms with van der Waals surface area (Å²) < 4.78 is 1.72. The van der Waals surface area contributed by atoms with Crippen LogP contribution in [0.5, 0.6) is 0 Å². The quantitative estimate of drug-likeness (QED) is 0.227. The van der Waals surface area contributed by atoms with Crippen molar-refractivity contribution >= 4 is 34.4 Å². The summed E-state index contributed by atoms with van der Waals surface area (Å²) in [5.41, 5.74) is 1.73. The van der Waals surface area contributed by atoms with Crippen LogP contribution in [0.4, 0.5) is 11.4 Å². The van der Waals surface area contributed by atoms with Gasteiger partial charge in [0.15, 0.2) is 0 Å². The van der Waals surface area contributed by atoms with E-state index in [0.29, 0.717) is 21.0 Å². The molecule has 8 nitrogen and oxygen atoms in total. The molecule has 0 amide bonds. The van der Waals surface area contributed by atoms with Gasteiger partial charge < -0.3 is 4.40 Å². The number of nitro groups is 2. The Bertz CT molecular complexity index is 1360. The van der Waals surface area contributed by atoms with Crippen LogP contribution in [0.3, 0.4) is 0 Å². The van der Waals surface area contributed by atoms with Gasteiger partial charge in [0.25, 0.3) is 11.4 Å². The molecule has 4 rings (SSSR count). The van der Waals surface area contributed by atoms with Crippen LogP contribution < -0.4 is 0 Å². The van der Waals surface area contributed by atoms with Gasteiger partial charge in [-0.2, -0.15) is 0 Å². The molecule has 0 N–H and O–H groups in total. The lowest BCUT2D eigenvalue weighted by Crippen LogP contribution is -2.07. The number of ketones is 1. The number of nitrogens with zero attached hydrogens (tertiary/aromatic N) is 3. The molecule has 0 aliphatic carbocycles. The average molecular weight is 433 g/mol. The number of carbonyl (C=O) groups is 1. The number of para-hydroxylation sites is 1. The van der Waals surface area contributed by atoms with Crippen molar-refractivity contribution in [1.29, 1.82) is 0 Å². The third-order valence-corrected chi connectivity index (χ3v) is 6.12. The highest BCUT2D eigenvalue weighted by Gasteiger charge is 2.25. The van der Waals surface area contributed by atoms with Crippen molar-refractivity contribution in [1.82, 2.24) is 4.40 Å². The summed E-state index contributed by atoms with van der Waals surface area (Å²) in [6.45, 7) is 1.77. The minimum atomic E-state index is -0.546. The second kappa shape index (κ2) is 8.04. The molecule has 0 bridgehead atoms. The Kier molecular flexibility index (Phi) is 5.26. The van der Waals surface area contributed by atoms with E-state index in [0.717, 1.165) is 5.52 Å². The fourth-order valence-corrected chi connectivity index (χ4v) is 4.55. The summed E-state index contributed by atoms with van der Waals surface area (Å²) in [4.78, 5) is 36.1. The molecule has 2 aromatic heterocycles. The molecule has 2 heterocycles. The van der Waals surface area contributed by atoms with Crippen molar-refractivity contribution in [2.45, 2.75) is 16.7 Å². The number of nitro benzene ring substituents is 2. The maximum absolute atomic E-state index is 13.3. The van der Waals surface area contributed by atoms with E-state index in [2.05, 4.69) is 0 Å². The monoisotopic (exact) mass is 433 g/mol. The number of hydrogen-bond donors (Lipinski definition) is 0. The molecule has 0 aliphatic rings. The van der Waals surface area contributed by atoms with E-state index in [4.69, 9.17) is 0 Å². The Morgan fingerprint density at radius 1 is 0.935 bits per heavy atom. The highest BCUT2D eigenvalue weighted by atomic mass is 32.2. The lowest BCUT2D eigenvalue weighted by Gasteiger charge is -2.04. The standard InChI is InChI=1S/C22H15N3O5S/c1-14-20(21(26)15-7-6-8-16(13-15)24(27)28)23-12-5-4-10-18(23)22(14)31-19-11-3-2-9-17(19)25(29)30/h2-13H,1H3. The maximum Gasteiger partial charge on any atom is 0.283 e. The summed E-state index contributed by atoms with van der Waals surface area (Å²) in [7, 11) is 0. The summed E-state index contributed by atoms with van der Waals surface area (Å²) in [6.07, 6.45) is 1.73. The number of pyridine rings is 1. The molecule has 9 heteroatoms. The molecule has 0 unspecified atom stereocenters. The number of benzene rings is 2. The van der Waals surface area contributed by atoms with Crippen molar-refractivity contribution in [3.05, 3.63) is 110 Å². The van der Waals surface area contributed by atoms with Crippen LogP contribution in [0.1, 0.15) is 21.6 Å². The van der Waals surface area contributed by atoms with Gasteiger partial charge in [-0.05, 0) is 30.7 Å². The molecule has 0 aliphatic heterocycles. The number of rotatable bonds is 6. The van der Waals surface area contributed by atoms with Crippen LogP contribution in [0, 0.1) is 27.2 Å². The van der Waals surface area contributed by atoms with Crippen molar-refractivity contribution in [2.24, 2.45) is 0 Å². The Morgan fingerprint density at radius 2 is 1.68 bits per heavy atom. The van der Waals surface area contributed by atoms with Gasteiger partial charge in [-0.25, -0.2) is 0 Å². The number of aromatic nitrogens is 1. The Hall–Kier alpha value is -3.98. The lowest BCUT2D eigenvalue weighted by atomic mass is 10.1. The number of non-ortho nitro benzene ring substituents is 1. The van der Waals surface area contributed by atoms with Gasteiger partial charge in [-0.3, -0.25) is 25.0 Å². The van der Waals surface area contributed by atoms with Gasteiger partial charge in [0, 0.05) is 34.9 Å². The minimum Gasteiger partial charge on any atom is -0.312 e. The number of hydrogen-bond acceptors (Lipinski definition) is 6. The molecule has 0 fully saturated rings. The maximum atomic E-state index is 13.3. The molecule has 0 saturated heterocycles. The Balaban J connectivity index is 1.87. The fraction of sp³-hybridized carbons (Fsp3) is 0.0455. The van der Waals surface area contributed by atoms with Crippen LogP contribution in [-0.4, -0.2) is 20.0 Å². The van der Waals surface area contributed by atoms with Crippen LogP contribution in [0.15, 0.2) is 82.7 Å². The Labute approximate surface area is 180 Å². The SMILES string of the molecule is Cc1c(Sc2ccccc2[N+](=O)[O-])c2ccccn2c1C(=O)c1cccc([N+](=O)[O-])c1. The first-order valence-corrected chi connectivity index (χ1v) is 10.00. The summed E-state index contributed by atoms with van der Waals surface area (Å²) in [5.74, 6) is -0.364. The number of carbonyl (C=O) groups excluding carboxylic acids is 1. The fourth-order valence-electron chi connectivity index (χ4n) is 3.41. The molecule has 154 valence electrons. The first kappa shape index (κ1) is 20.3. The zero-order valence-electron chi connectivity index (χ0n) is 16.2. The third-order valence-electron chi connectivity index (χ3n) is 4.84. The van der Waals surface area contributed by atoms with Crippen molar-refractivity contribution in [2.75, 3.05) is 0 Å². The second-order valence-electron chi connectivity index (χ2n) is 6.72. The topological polar surface area (TPSA) is 108 Å². The molecular formula is C22H15N3O5S. The molecule has 2 aromatic carbocycles. The molecule has 0 saturated carbocycles. The Morgan fingerprint density at radius 3 is 2.42 bits per heavy atom. The molecule has 4 aromatic rings. The van der Waals surface area contributed by atoms with Crippen LogP contribution in [-0.2, 0) is 0 Å². The van der Waals surface area contributed by atoms with Crippen molar-refractivity contribution in [3.63, 3.8) is 0 Å². The van der Waals surface area contributed by atoms with Gasteiger partial charge in [0.2, 0.25) is 5.78 Å². The smallest absolute Gasteiger partial charge is 0.283 e.